The number of hydrogen-bond acceptors (Lipinski definition) is 3. The minimum absolute atomic E-state index is 0.0354. The van der Waals surface area contributed by atoms with Gasteiger partial charge < -0.3 is 16.0 Å². The molecule has 3 unspecified atom stereocenters. The predicted molar refractivity (Wildman–Crippen MR) is 103 cm³/mol. The van der Waals surface area contributed by atoms with Crippen molar-refractivity contribution in [3.63, 3.8) is 0 Å². The summed E-state index contributed by atoms with van der Waals surface area (Å²) in [6.07, 6.45) is 6.90. The van der Waals surface area contributed by atoms with Crippen molar-refractivity contribution in [1.82, 2.24) is 10.2 Å². The summed E-state index contributed by atoms with van der Waals surface area (Å²) >= 11 is 6.07. The molecule has 0 radical (unpaired) electrons. The van der Waals surface area contributed by atoms with E-state index in [1.807, 2.05) is 4.90 Å². The second-order valence-corrected chi connectivity index (χ2v) is 7.81. The minimum Gasteiger partial charge on any atom is -0.354 e. The molecule has 1 aromatic rings. The maximum Gasteiger partial charge on any atom is 0.254 e. The number of amides is 2. The predicted octanol–water partition coefficient (Wildman–Crippen LogP) is 2.97. The number of nitrogens with one attached hydrogen (secondary N) is 1. The van der Waals surface area contributed by atoms with Gasteiger partial charge in [0.2, 0.25) is 5.91 Å². The van der Waals surface area contributed by atoms with Crippen LogP contribution in [0.25, 0.3) is 0 Å². The second kappa shape index (κ2) is 8.87. The molecule has 3 rings (SSSR count). The fourth-order valence-electron chi connectivity index (χ4n) is 4.36. The molecule has 6 heteroatoms. The average molecular weight is 378 g/mol. The topological polar surface area (TPSA) is 75.4 Å². The maximum absolute atomic E-state index is 13.2. The standard InChI is InChI=1S/C20H28ClN3O2/c21-16-8-5-7-15(12-16)20(26)24-17-9-2-1-6-14(17)13-18(24)19(25)23-11-4-3-10-22/h5,7-8,12,14,17-18H,1-4,6,9-11,13,22H2,(H,23,25). The summed E-state index contributed by atoms with van der Waals surface area (Å²) in [4.78, 5) is 27.9. The molecule has 26 heavy (non-hydrogen) atoms. The zero-order valence-corrected chi connectivity index (χ0v) is 15.9. The van der Waals surface area contributed by atoms with Gasteiger partial charge in [0.05, 0.1) is 0 Å². The van der Waals surface area contributed by atoms with Gasteiger partial charge in [-0.05, 0) is 62.8 Å². The Morgan fingerprint density at radius 1 is 1.23 bits per heavy atom. The molecular formula is C20H28ClN3O2. The first kappa shape index (κ1) is 19.2. The first-order chi connectivity index (χ1) is 12.6. The normalized spacial score (nSPS) is 25.0. The van der Waals surface area contributed by atoms with Gasteiger partial charge in [0, 0.05) is 23.2 Å². The molecule has 1 saturated heterocycles. The molecule has 2 aliphatic rings. The van der Waals surface area contributed by atoms with Crippen LogP contribution in [-0.4, -0.2) is 41.9 Å². The Hall–Kier alpha value is -1.59. The third kappa shape index (κ3) is 4.21. The molecular weight excluding hydrogens is 350 g/mol. The van der Waals surface area contributed by atoms with Gasteiger partial charge in [0.25, 0.3) is 5.91 Å². The van der Waals surface area contributed by atoms with Crippen molar-refractivity contribution in [1.29, 1.82) is 0 Å². The lowest BCUT2D eigenvalue weighted by atomic mass is 9.84. The van der Waals surface area contributed by atoms with Crippen LogP contribution in [0, 0.1) is 5.92 Å². The second-order valence-electron chi connectivity index (χ2n) is 7.37. The van der Waals surface area contributed by atoms with E-state index in [0.717, 1.165) is 38.5 Å². The summed E-state index contributed by atoms with van der Waals surface area (Å²) in [5.74, 6) is 0.308. The number of hydrogen-bond donors (Lipinski definition) is 2. The van der Waals surface area contributed by atoms with Gasteiger partial charge in [-0.1, -0.05) is 30.5 Å². The summed E-state index contributed by atoms with van der Waals surface area (Å²) in [5.41, 5.74) is 6.07. The fourth-order valence-corrected chi connectivity index (χ4v) is 4.55. The van der Waals surface area contributed by atoms with Crippen molar-refractivity contribution in [3.8, 4) is 0 Å². The maximum atomic E-state index is 13.2. The highest BCUT2D eigenvalue weighted by molar-refractivity contribution is 6.31. The van der Waals surface area contributed by atoms with Gasteiger partial charge >= 0.3 is 0 Å². The highest BCUT2D eigenvalue weighted by Crippen LogP contribution is 2.40. The molecule has 0 bridgehead atoms. The van der Waals surface area contributed by atoms with Gasteiger partial charge in [-0.2, -0.15) is 0 Å². The molecule has 0 aromatic heterocycles. The Morgan fingerprint density at radius 3 is 2.81 bits per heavy atom. The SMILES string of the molecule is NCCCCNC(=O)C1CC2CCCCC2N1C(=O)c1cccc(Cl)c1. The minimum atomic E-state index is -0.382. The molecule has 1 aromatic carbocycles. The number of likely N-dealkylation sites (tertiary alicyclic amines) is 1. The van der Waals surface area contributed by atoms with Crippen LogP contribution >= 0.6 is 11.6 Å². The summed E-state index contributed by atoms with van der Waals surface area (Å²) in [6, 6.07) is 6.79. The lowest BCUT2D eigenvalue weighted by molar-refractivity contribution is -0.125. The molecule has 1 saturated carbocycles. The van der Waals surface area contributed by atoms with Gasteiger partial charge in [-0.3, -0.25) is 9.59 Å². The zero-order valence-electron chi connectivity index (χ0n) is 15.1. The van der Waals surface area contributed by atoms with Crippen LogP contribution in [0.4, 0.5) is 0 Å². The first-order valence-corrected chi connectivity index (χ1v) is 10.1. The molecule has 3 N–H and O–H groups in total. The number of nitrogens with two attached hydrogens (primary N) is 1. The van der Waals surface area contributed by atoms with Crippen LogP contribution in [0.2, 0.25) is 5.02 Å². The Morgan fingerprint density at radius 2 is 2.04 bits per heavy atom. The van der Waals surface area contributed by atoms with E-state index < -0.39 is 0 Å². The lowest BCUT2D eigenvalue weighted by Gasteiger charge is -2.33. The van der Waals surface area contributed by atoms with Crippen molar-refractivity contribution in [3.05, 3.63) is 34.9 Å². The third-order valence-corrected chi connectivity index (χ3v) is 5.86. The summed E-state index contributed by atoms with van der Waals surface area (Å²) < 4.78 is 0. The van der Waals surface area contributed by atoms with Crippen LogP contribution in [0.5, 0.6) is 0 Å². The highest BCUT2D eigenvalue weighted by Gasteiger charge is 2.47. The molecule has 2 amide bonds. The molecule has 1 aliphatic carbocycles. The average Bonchev–Trinajstić information content (AvgIpc) is 3.04. The van der Waals surface area contributed by atoms with Crippen molar-refractivity contribution in [2.24, 2.45) is 11.7 Å². The van der Waals surface area contributed by atoms with Crippen LogP contribution in [0.1, 0.15) is 55.3 Å². The van der Waals surface area contributed by atoms with E-state index in [1.54, 1.807) is 24.3 Å². The third-order valence-electron chi connectivity index (χ3n) is 5.63. The smallest absolute Gasteiger partial charge is 0.254 e. The molecule has 5 nitrogen and oxygen atoms in total. The zero-order chi connectivity index (χ0) is 18.5. The monoisotopic (exact) mass is 377 g/mol. The lowest BCUT2D eigenvalue weighted by Crippen LogP contribution is -2.49. The number of rotatable bonds is 6. The van der Waals surface area contributed by atoms with Crippen molar-refractivity contribution < 1.29 is 9.59 Å². The van der Waals surface area contributed by atoms with E-state index >= 15 is 0 Å². The van der Waals surface area contributed by atoms with E-state index in [4.69, 9.17) is 17.3 Å². The van der Waals surface area contributed by atoms with Gasteiger partial charge in [-0.15, -0.1) is 0 Å². The first-order valence-electron chi connectivity index (χ1n) is 9.68. The van der Waals surface area contributed by atoms with Gasteiger partial charge in [0.15, 0.2) is 0 Å². The largest absolute Gasteiger partial charge is 0.354 e. The number of benzene rings is 1. The number of unbranched alkanes of at least 4 members (excludes halogenated alkanes) is 1. The summed E-state index contributed by atoms with van der Waals surface area (Å²) in [5, 5.41) is 3.54. The van der Waals surface area contributed by atoms with E-state index in [0.29, 0.717) is 29.6 Å². The number of nitrogens with zero attached hydrogens (tertiary/aromatic N) is 1. The Balaban J connectivity index is 1.77. The van der Waals surface area contributed by atoms with Crippen LogP contribution in [0.3, 0.4) is 0 Å². The quantitative estimate of drug-likeness (QED) is 0.748. The van der Waals surface area contributed by atoms with E-state index in [2.05, 4.69) is 5.32 Å². The van der Waals surface area contributed by atoms with E-state index in [1.165, 1.54) is 6.42 Å². The number of fused-ring (bicyclic) bond motifs is 1. The molecule has 0 spiro atoms. The Bertz CT molecular complexity index is 652. The van der Waals surface area contributed by atoms with E-state index in [-0.39, 0.29) is 23.9 Å². The van der Waals surface area contributed by atoms with Crippen molar-refractivity contribution in [2.75, 3.05) is 13.1 Å². The molecule has 3 atom stereocenters. The number of halogens is 1. The fraction of sp³-hybridized carbons (Fsp3) is 0.600. The van der Waals surface area contributed by atoms with Crippen molar-refractivity contribution >= 4 is 23.4 Å². The van der Waals surface area contributed by atoms with Crippen LogP contribution in [0.15, 0.2) is 24.3 Å². The Kier molecular flexibility index (Phi) is 6.54. The van der Waals surface area contributed by atoms with Crippen LogP contribution < -0.4 is 11.1 Å². The van der Waals surface area contributed by atoms with Gasteiger partial charge in [0.1, 0.15) is 6.04 Å². The van der Waals surface area contributed by atoms with Gasteiger partial charge in [-0.25, -0.2) is 0 Å². The molecule has 1 aliphatic heterocycles. The molecule has 1 heterocycles. The number of carbonyl (C=O) groups is 2. The number of carbonyl (C=O) groups excluding carboxylic acids is 2. The van der Waals surface area contributed by atoms with E-state index in [9.17, 15) is 9.59 Å². The summed E-state index contributed by atoms with van der Waals surface area (Å²) in [7, 11) is 0. The van der Waals surface area contributed by atoms with Crippen LogP contribution in [-0.2, 0) is 4.79 Å². The summed E-state index contributed by atoms with van der Waals surface area (Å²) in [6.45, 7) is 1.24. The molecule has 142 valence electrons. The Labute approximate surface area is 160 Å². The highest BCUT2D eigenvalue weighted by atomic mass is 35.5. The molecule has 2 fully saturated rings. The van der Waals surface area contributed by atoms with Crippen molar-refractivity contribution in [2.45, 2.75) is 57.0 Å².